The molecule has 8 rings (SSSR count). The van der Waals surface area contributed by atoms with Gasteiger partial charge in [0.15, 0.2) is 0 Å². The molecule has 0 spiro atoms. The molecule has 5 aromatic rings. The first kappa shape index (κ1) is 39.3. The predicted molar refractivity (Wildman–Crippen MR) is 216 cm³/mol. The molecule has 2 aromatic carbocycles. The smallest absolute Gasteiger partial charge is 0.254 e. The van der Waals surface area contributed by atoms with E-state index in [4.69, 9.17) is 38.1 Å². The highest BCUT2D eigenvalue weighted by Gasteiger charge is 2.35. The lowest BCUT2D eigenvalue weighted by molar-refractivity contribution is -0.102. The number of hydrogen-bond acceptors (Lipinski definition) is 11. The molecule has 1 aliphatic carbocycles. The fraction of sp³-hybridized carbons (Fsp3) is 0.391. The van der Waals surface area contributed by atoms with Gasteiger partial charge in [-0.2, -0.15) is 9.97 Å². The van der Waals surface area contributed by atoms with E-state index in [9.17, 15) is 4.79 Å². The van der Waals surface area contributed by atoms with Crippen LogP contribution in [-0.4, -0.2) is 84.6 Å². The number of ether oxygens (including phenoxy) is 7. The van der Waals surface area contributed by atoms with Crippen molar-refractivity contribution < 1.29 is 33.2 Å². The molecular weight excluding hydrogens is 737 g/mol. The summed E-state index contributed by atoms with van der Waals surface area (Å²) in [6.45, 7) is 8.64. The maximum Gasteiger partial charge on any atom is 0.254 e. The zero-order valence-electron chi connectivity index (χ0n) is 32.9. The Morgan fingerprint density at radius 2 is 1.45 bits per heavy atom. The van der Waals surface area contributed by atoms with Crippen LogP contribution >= 0.6 is 0 Å². The monoisotopic (exact) mass is 784 g/mol. The van der Waals surface area contributed by atoms with Crippen LogP contribution in [0, 0.1) is 37.5 Å². The topological polar surface area (TPSA) is 125 Å². The summed E-state index contributed by atoms with van der Waals surface area (Å²) >= 11 is 0. The molecule has 2 saturated heterocycles. The maximum atomic E-state index is 13.0. The van der Waals surface area contributed by atoms with Gasteiger partial charge in [0.2, 0.25) is 11.8 Å². The molecule has 12 nitrogen and oxygen atoms in total. The zero-order chi connectivity index (χ0) is 39.7. The van der Waals surface area contributed by atoms with Gasteiger partial charge >= 0.3 is 0 Å². The van der Waals surface area contributed by atoms with E-state index in [0.29, 0.717) is 101 Å². The predicted octanol–water partition coefficient (Wildman–Crippen LogP) is 5.76. The van der Waals surface area contributed by atoms with E-state index in [2.05, 4.69) is 58.2 Å². The molecule has 3 aromatic heterocycles. The molecule has 0 bridgehead atoms. The molecule has 3 aliphatic rings. The van der Waals surface area contributed by atoms with Crippen LogP contribution < -0.4 is 19.8 Å². The van der Waals surface area contributed by atoms with Crippen molar-refractivity contribution in [2.24, 2.45) is 11.8 Å². The van der Waals surface area contributed by atoms with E-state index in [1.165, 1.54) is 6.07 Å². The summed E-state index contributed by atoms with van der Waals surface area (Å²) in [7, 11) is 0. The second-order valence-corrected chi connectivity index (χ2v) is 14.9. The number of benzene rings is 2. The third-order valence-corrected chi connectivity index (χ3v) is 10.3. The van der Waals surface area contributed by atoms with E-state index in [0.717, 1.165) is 52.0 Å². The van der Waals surface area contributed by atoms with Gasteiger partial charge in [0.25, 0.3) is 5.56 Å². The lowest BCUT2D eigenvalue weighted by atomic mass is 10.0. The lowest BCUT2D eigenvalue weighted by Crippen LogP contribution is -2.33. The average Bonchev–Trinajstić information content (AvgIpc) is 4.00. The van der Waals surface area contributed by atoms with Gasteiger partial charge in [0, 0.05) is 40.7 Å². The maximum absolute atomic E-state index is 13.0. The van der Waals surface area contributed by atoms with Gasteiger partial charge in [-0.25, -0.2) is 0 Å². The van der Waals surface area contributed by atoms with Gasteiger partial charge in [0.05, 0.1) is 52.3 Å². The second-order valence-electron chi connectivity index (χ2n) is 14.9. The van der Waals surface area contributed by atoms with Gasteiger partial charge in [-0.3, -0.25) is 9.78 Å². The fourth-order valence-electron chi connectivity index (χ4n) is 6.92. The second kappa shape index (κ2) is 18.8. The minimum absolute atomic E-state index is 0.103. The molecule has 4 atom stereocenters. The molecular formula is C46H48N4O8. The van der Waals surface area contributed by atoms with Crippen LogP contribution in [0.15, 0.2) is 89.9 Å². The van der Waals surface area contributed by atoms with Crippen LogP contribution in [0.1, 0.15) is 40.3 Å². The molecule has 58 heavy (non-hydrogen) atoms. The number of rotatable bonds is 14. The van der Waals surface area contributed by atoms with Gasteiger partial charge in [-0.15, -0.1) is 0 Å². The third-order valence-electron chi connectivity index (χ3n) is 10.3. The molecule has 0 N–H and O–H groups in total. The summed E-state index contributed by atoms with van der Waals surface area (Å²) in [4.78, 5) is 26.5. The van der Waals surface area contributed by atoms with Crippen LogP contribution in [0.5, 0.6) is 17.5 Å². The van der Waals surface area contributed by atoms with Crippen molar-refractivity contribution in [3.8, 4) is 40.5 Å². The number of aromatic nitrogens is 4. The molecule has 2 aliphatic heterocycles. The van der Waals surface area contributed by atoms with Crippen molar-refractivity contribution in [1.29, 1.82) is 0 Å². The summed E-state index contributed by atoms with van der Waals surface area (Å²) in [5, 5.41) is 0. The molecule has 5 heterocycles. The van der Waals surface area contributed by atoms with Gasteiger partial charge < -0.3 is 37.7 Å². The number of aryl methyl sites for hydroxylation is 2. The summed E-state index contributed by atoms with van der Waals surface area (Å²) in [5.74, 6) is 9.73. The highest BCUT2D eigenvalue weighted by atomic mass is 16.6. The van der Waals surface area contributed by atoms with Crippen molar-refractivity contribution in [2.75, 3.05) is 52.9 Å². The summed E-state index contributed by atoms with van der Waals surface area (Å²) in [5.41, 5.74) is 6.98. The van der Waals surface area contributed by atoms with Crippen molar-refractivity contribution in [2.45, 2.75) is 52.0 Å². The first-order valence-electron chi connectivity index (χ1n) is 19.9. The minimum atomic E-state index is -0.120. The standard InChI is InChI=1S/C46H48N4O8/c1-31-19-41(56-29-42-27-52-15-17-54-42)22-46(51)50(31)25-34-8-10-36(11-9-34)38-13-14-40(47-24-38)21-39-20-37(39)12-7-33-3-5-35(6-4-33)26-57-44-23-45(49-32(2)48-44)58-30-43-28-53-16-18-55-43/h3-6,8-11,13-14,19,22-24,37,39,42-43H,15-18,20-21,25-30H2,1-2H3/t37?,39?,42-,43-/m1/s1. The minimum Gasteiger partial charge on any atom is -0.491 e. The van der Waals surface area contributed by atoms with E-state index >= 15 is 0 Å². The first-order valence-corrected chi connectivity index (χ1v) is 19.9. The summed E-state index contributed by atoms with van der Waals surface area (Å²) in [6, 6.07) is 25.8. The molecule has 0 radical (unpaired) electrons. The molecule has 3 fully saturated rings. The Hall–Kier alpha value is -5.58. The lowest BCUT2D eigenvalue weighted by Gasteiger charge is -2.23. The Bertz CT molecular complexity index is 2260. The Morgan fingerprint density at radius 3 is 2.12 bits per heavy atom. The quantitative estimate of drug-likeness (QED) is 0.128. The molecule has 12 heteroatoms. The van der Waals surface area contributed by atoms with E-state index in [1.807, 2.05) is 50.4 Å². The largest absolute Gasteiger partial charge is 0.491 e. The Labute approximate surface area is 338 Å². The number of nitrogens with zero attached hydrogens (tertiary/aromatic N) is 4. The van der Waals surface area contributed by atoms with Crippen molar-refractivity contribution in [1.82, 2.24) is 19.5 Å². The van der Waals surface area contributed by atoms with Crippen molar-refractivity contribution in [3.05, 3.63) is 129 Å². The van der Waals surface area contributed by atoms with Crippen LogP contribution in [0.3, 0.4) is 0 Å². The van der Waals surface area contributed by atoms with E-state index < -0.39 is 0 Å². The fourth-order valence-corrected chi connectivity index (χ4v) is 6.92. The third kappa shape index (κ3) is 10.9. The highest BCUT2D eigenvalue weighted by Crippen LogP contribution is 2.40. The van der Waals surface area contributed by atoms with Crippen LogP contribution in [0.4, 0.5) is 0 Å². The zero-order valence-corrected chi connectivity index (χ0v) is 32.9. The van der Waals surface area contributed by atoms with Crippen LogP contribution in [-0.2, 0) is 38.5 Å². The van der Waals surface area contributed by atoms with Crippen LogP contribution in [0.25, 0.3) is 11.1 Å². The van der Waals surface area contributed by atoms with Crippen LogP contribution in [0.2, 0.25) is 0 Å². The highest BCUT2D eigenvalue weighted by molar-refractivity contribution is 5.62. The Kier molecular flexibility index (Phi) is 12.7. The number of hydrogen-bond donors (Lipinski definition) is 0. The Morgan fingerprint density at radius 1 is 0.759 bits per heavy atom. The summed E-state index contributed by atoms with van der Waals surface area (Å²) in [6.07, 6.45) is 3.71. The number of pyridine rings is 2. The van der Waals surface area contributed by atoms with Gasteiger partial charge in [-0.1, -0.05) is 54.3 Å². The van der Waals surface area contributed by atoms with Crippen molar-refractivity contribution in [3.63, 3.8) is 0 Å². The first-order chi connectivity index (χ1) is 28.4. The average molecular weight is 785 g/mol. The van der Waals surface area contributed by atoms with Gasteiger partial charge in [0.1, 0.15) is 43.6 Å². The normalized spacial score (nSPS) is 20.1. The SMILES string of the molecule is Cc1nc(OCc2ccc(C#CC3CC3Cc3ccc(-c4ccc(Cn5c(C)cc(OC[C@H]6COCCO6)cc5=O)cc4)cn3)cc2)cc(OC[C@H]2COCCO2)n1. The van der Waals surface area contributed by atoms with E-state index in [1.54, 1.807) is 10.6 Å². The molecule has 300 valence electrons. The molecule has 0 amide bonds. The summed E-state index contributed by atoms with van der Waals surface area (Å²) < 4.78 is 41.5. The Balaban J connectivity index is 0.776. The molecule has 2 unspecified atom stereocenters. The van der Waals surface area contributed by atoms with E-state index in [-0.39, 0.29) is 17.8 Å². The molecule has 1 saturated carbocycles. The van der Waals surface area contributed by atoms with Crippen molar-refractivity contribution >= 4 is 0 Å². The van der Waals surface area contributed by atoms with Gasteiger partial charge in [-0.05, 0) is 73.6 Å².